The van der Waals surface area contributed by atoms with Crippen LogP contribution in [0.2, 0.25) is 0 Å². The molecule has 0 N–H and O–H groups in total. The molecule has 5 heteroatoms. The monoisotopic (exact) mass is 347 g/mol. The molecule has 0 aromatic heterocycles. The zero-order valence-electron chi connectivity index (χ0n) is 14.2. The van der Waals surface area contributed by atoms with Crippen LogP contribution in [-0.4, -0.2) is 16.5 Å². The molecule has 0 saturated carbocycles. The number of benzene rings is 3. The zero-order chi connectivity index (χ0) is 18.9. The number of non-ortho nitro benzene ring substituents is 1. The highest BCUT2D eigenvalue weighted by Crippen LogP contribution is 2.15. The van der Waals surface area contributed by atoms with E-state index in [1.54, 1.807) is 31.2 Å². The van der Waals surface area contributed by atoms with Crippen LogP contribution in [0.1, 0.15) is 33.2 Å². The number of Topliss-reactive ketones (excluding diaryl/α,β-unsaturated/α-hetero) is 1. The molecule has 0 aliphatic heterocycles. The number of nitro groups is 1. The van der Waals surface area contributed by atoms with Crippen molar-refractivity contribution in [1.29, 1.82) is 0 Å². The highest BCUT2D eigenvalue weighted by atomic mass is 16.6. The summed E-state index contributed by atoms with van der Waals surface area (Å²) in [5, 5.41) is 10.5. The molecule has 3 rings (SSSR count). The van der Waals surface area contributed by atoms with Crippen molar-refractivity contribution in [3.05, 3.63) is 112 Å². The van der Waals surface area contributed by atoms with Crippen molar-refractivity contribution >= 4 is 17.3 Å². The largest absolute Gasteiger partial charge is 0.295 e. The Labute approximate surface area is 151 Å². The van der Waals surface area contributed by atoms with Gasteiger partial charge < -0.3 is 0 Å². The third-order valence-corrected chi connectivity index (χ3v) is 3.56. The van der Waals surface area contributed by atoms with Crippen LogP contribution in [-0.2, 0) is 0 Å². The highest BCUT2D eigenvalue weighted by Gasteiger charge is 2.10. The minimum Gasteiger partial charge on any atom is -0.295 e. The number of hydrogen-bond donors (Lipinski definition) is 0. The summed E-state index contributed by atoms with van der Waals surface area (Å²) in [6.07, 6.45) is 0. The number of nitrogens with zero attached hydrogens (tertiary/aromatic N) is 1. The van der Waals surface area contributed by atoms with Gasteiger partial charge in [0.25, 0.3) is 5.69 Å². The summed E-state index contributed by atoms with van der Waals surface area (Å²) in [5.74, 6) is -0.0175. The first-order chi connectivity index (χ1) is 12.5. The maximum Gasteiger partial charge on any atom is 0.269 e. The van der Waals surface area contributed by atoms with Gasteiger partial charge in [0.15, 0.2) is 11.6 Å². The van der Waals surface area contributed by atoms with E-state index in [0.29, 0.717) is 11.1 Å². The van der Waals surface area contributed by atoms with Gasteiger partial charge in [-0.15, -0.1) is 0 Å². The fourth-order valence-corrected chi connectivity index (χ4v) is 2.16. The van der Waals surface area contributed by atoms with Crippen molar-refractivity contribution in [2.24, 2.45) is 0 Å². The topological polar surface area (TPSA) is 77.3 Å². The second-order valence-corrected chi connectivity index (χ2v) is 5.42. The van der Waals surface area contributed by atoms with Crippen molar-refractivity contribution in [3.63, 3.8) is 0 Å². The maximum absolute atomic E-state index is 12.0. The Kier molecular flexibility index (Phi) is 6.51. The molecule has 0 amide bonds. The maximum atomic E-state index is 12.0. The summed E-state index contributed by atoms with van der Waals surface area (Å²) in [4.78, 5) is 32.6. The van der Waals surface area contributed by atoms with E-state index >= 15 is 0 Å². The zero-order valence-corrected chi connectivity index (χ0v) is 14.2. The standard InChI is InChI=1S/C13H9NO3.C8H8O/c15-13(10-4-2-1-3-5-10)11-6-8-12(9-7-11)14(16)17;1-7(9)8-5-3-2-4-6-8/h1-9H;2-6H,1H3. The molecule has 5 nitrogen and oxygen atoms in total. The summed E-state index contributed by atoms with van der Waals surface area (Å²) >= 11 is 0. The van der Waals surface area contributed by atoms with Crippen molar-refractivity contribution in [2.45, 2.75) is 6.92 Å². The number of ketones is 2. The van der Waals surface area contributed by atoms with E-state index in [0.717, 1.165) is 5.56 Å². The number of rotatable bonds is 4. The molecule has 0 spiro atoms. The van der Waals surface area contributed by atoms with Crippen LogP contribution < -0.4 is 0 Å². The van der Waals surface area contributed by atoms with Crippen LogP contribution in [0.4, 0.5) is 5.69 Å². The minimum absolute atomic E-state index is 0.0189. The second-order valence-electron chi connectivity index (χ2n) is 5.42. The van der Waals surface area contributed by atoms with Gasteiger partial charge in [-0.1, -0.05) is 60.7 Å². The van der Waals surface area contributed by atoms with Crippen LogP contribution in [0.15, 0.2) is 84.9 Å². The molecule has 0 bridgehead atoms. The first-order valence-corrected chi connectivity index (χ1v) is 7.89. The Morgan fingerprint density at radius 2 is 1.12 bits per heavy atom. The average molecular weight is 347 g/mol. The average Bonchev–Trinajstić information content (AvgIpc) is 2.69. The Balaban J connectivity index is 0.000000228. The van der Waals surface area contributed by atoms with Gasteiger partial charge in [-0.2, -0.15) is 0 Å². The van der Waals surface area contributed by atoms with E-state index in [9.17, 15) is 19.7 Å². The molecular formula is C21H17NO4. The smallest absolute Gasteiger partial charge is 0.269 e. The molecule has 0 atom stereocenters. The van der Waals surface area contributed by atoms with Gasteiger partial charge in [0.1, 0.15) is 0 Å². The highest BCUT2D eigenvalue weighted by molar-refractivity contribution is 6.09. The van der Waals surface area contributed by atoms with Crippen LogP contribution in [0.25, 0.3) is 0 Å². The van der Waals surface area contributed by atoms with Crippen LogP contribution in [0.3, 0.4) is 0 Å². The SMILES string of the molecule is CC(=O)c1ccccc1.O=C(c1ccccc1)c1ccc([N+](=O)[O-])cc1. The van der Waals surface area contributed by atoms with E-state index in [4.69, 9.17) is 0 Å². The lowest BCUT2D eigenvalue weighted by atomic mass is 10.0. The first kappa shape index (κ1) is 18.7. The first-order valence-electron chi connectivity index (χ1n) is 7.89. The van der Waals surface area contributed by atoms with E-state index in [-0.39, 0.29) is 17.3 Å². The Hall–Kier alpha value is -3.60. The molecule has 0 fully saturated rings. The minimum atomic E-state index is -0.489. The van der Waals surface area contributed by atoms with Gasteiger partial charge in [-0.25, -0.2) is 0 Å². The summed E-state index contributed by atoms with van der Waals surface area (Å²) in [7, 11) is 0. The second kappa shape index (κ2) is 9.03. The third-order valence-electron chi connectivity index (χ3n) is 3.56. The van der Waals surface area contributed by atoms with Crippen molar-refractivity contribution in [3.8, 4) is 0 Å². The Morgan fingerprint density at radius 3 is 1.50 bits per heavy atom. The predicted molar refractivity (Wildman–Crippen MR) is 99.4 cm³/mol. The fourth-order valence-electron chi connectivity index (χ4n) is 2.16. The molecule has 3 aromatic carbocycles. The van der Waals surface area contributed by atoms with Crippen LogP contribution in [0, 0.1) is 10.1 Å². The van der Waals surface area contributed by atoms with Gasteiger partial charge in [0.05, 0.1) is 4.92 Å². The molecule has 26 heavy (non-hydrogen) atoms. The lowest BCUT2D eigenvalue weighted by Crippen LogP contribution is -2.00. The van der Waals surface area contributed by atoms with Crippen LogP contribution in [0.5, 0.6) is 0 Å². The van der Waals surface area contributed by atoms with Gasteiger partial charge >= 0.3 is 0 Å². The summed E-state index contributed by atoms with van der Waals surface area (Å²) in [6.45, 7) is 1.56. The number of hydrogen-bond acceptors (Lipinski definition) is 4. The number of carbonyl (C=O) groups is 2. The van der Waals surface area contributed by atoms with Gasteiger partial charge in [-0.3, -0.25) is 19.7 Å². The molecule has 0 unspecified atom stereocenters. The van der Waals surface area contributed by atoms with E-state index < -0.39 is 4.92 Å². The molecule has 0 heterocycles. The predicted octanol–water partition coefficient (Wildman–Crippen LogP) is 4.72. The summed E-state index contributed by atoms with van der Waals surface area (Å²) in [6, 6.07) is 23.6. The quantitative estimate of drug-likeness (QED) is 0.389. The van der Waals surface area contributed by atoms with Gasteiger partial charge in [0, 0.05) is 28.8 Å². The number of nitro benzene ring substituents is 1. The fraction of sp³-hybridized carbons (Fsp3) is 0.0476. The Bertz CT molecular complexity index is 888. The normalized spacial score (nSPS) is 9.58. The van der Waals surface area contributed by atoms with E-state index in [2.05, 4.69) is 0 Å². The summed E-state index contributed by atoms with van der Waals surface area (Å²) < 4.78 is 0. The van der Waals surface area contributed by atoms with Gasteiger partial charge in [-0.05, 0) is 19.1 Å². The molecule has 0 radical (unpaired) electrons. The third kappa shape index (κ3) is 5.21. The van der Waals surface area contributed by atoms with Crippen molar-refractivity contribution in [2.75, 3.05) is 0 Å². The molecule has 0 aliphatic rings. The summed E-state index contributed by atoms with van der Waals surface area (Å²) in [5.41, 5.74) is 1.77. The van der Waals surface area contributed by atoms with Crippen molar-refractivity contribution < 1.29 is 14.5 Å². The lowest BCUT2D eigenvalue weighted by Gasteiger charge is -2.00. The molecule has 0 aliphatic carbocycles. The van der Waals surface area contributed by atoms with E-state index in [1.165, 1.54) is 24.3 Å². The lowest BCUT2D eigenvalue weighted by molar-refractivity contribution is -0.384. The molecular weight excluding hydrogens is 330 g/mol. The molecule has 0 saturated heterocycles. The molecule has 130 valence electrons. The Morgan fingerprint density at radius 1 is 0.692 bits per heavy atom. The van der Waals surface area contributed by atoms with Crippen LogP contribution >= 0.6 is 0 Å². The van der Waals surface area contributed by atoms with Gasteiger partial charge in [0.2, 0.25) is 0 Å². The molecule has 3 aromatic rings. The van der Waals surface area contributed by atoms with E-state index in [1.807, 2.05) is 36.4 Å². The number of carbonyl (C=O) groups excluding carboxylic acids is 2. The van der Waals surface area contributed by atoms with Crippen molar-refractivity contribution in [1.82, 2.24) is 0 Å².